The highest BCUT2D eigenvalue weighted by Gasteiger charge is 2.18. The van der Waals surface area contributed by atoms with E-state index in [2.05, 4.69) is 15.5 Å². The van der Waals surface area contributed by atoms with Crippen molar-refractivity contribution in [3.63, 3.8) is 0 Å². The van der Waals surface area contributed by atoms with Gasteiger partial charge in [0.2, 0.25) is 0 Å². The third-order valence-corrected chi connectivity index (χ3v) is 3.00. The molecule has 1 heterocycles. The molecule has 0 aliphatic heterocycles. The van der Waals surface area contributed by atoms with Crippen molar-refractivity contribution in [2.45, 2.75) is 6.42 Å². The first-order valence-corrected chi connectivity index (χ1v) is 6.51. The molecule has 0 bridgehead atoms. The van der Waals surface area contributed by atoms with Crippen LogP contribution in [0.4, 0.5) is 0 Å². The highest BCUT2D eigenvalue weighted by molar-refractivity contribution is 5.68. The molecule has 0 fully saturated rings. The molecule has 0 radical (unpaired) electrons. The molecule has 1 aromatic heterocycles. The first-order chi connectivity index (χ1) is 10.2. The fraction of sp³-hybridized carbons (Fsp3) is 0.429. The number of likely N-dealkylation sites (N-methyl/N-ethyl adjacent to an activating group) is 1. The minimum Gasteiger partial charge on any atom is -0.496 e. The maximum Gasteiger partial charge on any atom is 0.261 e. The van der Waals surface area contributed by atoms with Crippen LogP contribution in [-0.4, -0.2) is 45.1 Å². The van der Waals surface area contributed by atoms with Crippen LogP contribution in [0.2, 0.25) is 0 Å². The van der Waals surface area contributed by atoms with Gasteiger partial charge in [0, 0.05) is 25.1 Å². The van der Waals surface area contributed by atoms with E-state index in [0.29, 0.717) is 40.9 Å². The fourth-order valence-electron chi connectivity index (χ4n) is 1.90. The molecule has 1 N–H and O–H groups in total. The summed E-state index contributed by atoms with van der Waals surface area (Å²) in [7, 11) is 6.58. The zero-order valence-electron chi connectivity index (χ0n) is 12.6. The van der Waals surface area contributed by atoms with Crippen LogP contribution in [0, 0.1) is 0 Å². The second-order valence-electron chi connectivity index (χ2n) is 4.28. The minimum absolute atomic E-state index is 0.388. The Kier molecular flexibility index (Phi) is 4.99. The van der Waals surface area contributed by atoms with Crippen LogP contribution >= 0.6 is 0 Å². The van der Waals surface area contributed by atoms with Gasteiger partial charge in [-0.05, 0) is 7.05 Å². The van der Waals surface area contributed by atoms with Gasteiger partial charge in [-0.2, -0.15) is 4.98 Å². The summed E-state index contributed by atoms with van der Waals surface area (Å²) >= 11 is 0. The van der Waals surface area contributed by atoms with E-state index in [1.165, 1.54) is 0 Å². The van der Waals surface area contributed by atoms with E-state index in [4.69, 9.17) is 18.7 Å². The van der Waals surface area contributed by atoms with E-state index in [-0.39, 0.29) is 0 Å². The lowest BCUT2D eigenvalue weighted by molar-refractivity contribution is 0.348. The van der Waals surface area contributed by atoms with Crippen molar-refractivity contribution in [3.05, 3.63) is 18.0 Å². The Bertz CT molecular complexity index is 598. The Morgan fingerprint density at radius 2 is 1.71 bits per heavy atom. The lowest BCUT2D eigenvalue weighted by Gasteiger charge is -2.11. The van der Waals surface area contributed by atoms with Gasteiger partial charge in [-0.3, -0.25) is 0 Å². The summed E-state index contributed by atoms with van der Waals surface area (Å²) in [5.74, 6) is 2.75. The Balaban J connectivity index is 2.39. The topological polar surface area (TPSA) is 78.6 Å². The molecule has 0 saturated heterocycles. The molecule has 0 saturated carbocycles. The summed E-state index contributed by atoms with van der Waals surface area (Å²) in [6.45, 7) is 0.780. The normalized spacial score (nSPS) is 10.5. The summed E-state index contributed by atoms with van der Waals surface area (Å²) < 4.78 is 21.2. The summed E-state index contributed by atoms with van der Waals surface area (Å²) in [6.07, 6.45) is 0.690. The SMILES string of the molecule is CNCCc1noc(-c2cc(OC)c(OC)cc2OC)n1. The number of ether oxygens (including phenoxy) is 3. The van der Waals surface area contributed by atoms with Crippen LogP contribution in [0.15, 0.2) is 16.7 Å². The monoisotopic (exact) mass is 293 g/mol. The number of rotatable bonds is 7. The largest absolute Gasteiger partial charge is 0.496 e. The van der Waals surface area contributed by atoms with Gasteiger partial charge in [0.05, 0.1) is 26.9 Å². The number of aromatic nitrogens is 2. The molecular formula is C14H19N3O4. The van der Waals surface area contributed by atoms with Gasteiger partial charge in [0.25, 0.3) is 5.89 Å². The van der Waals surface area contributed by atoms with Crippen molar-refractivity contribution in [2.24, 2.45) is 0 Å². The summed E-state index contributed by atoms with van der Waals surface area (Å²) in [6, 6.07) is 3.48. The van der Waals surface area contributed by atoms with Crippen LogP contribution < -0.4 is 19.5 Å². The first-order valence-electron chi connectivity index (χ1n) is 6.51. The molecule has 21 heavy (non-hydrogen) atoms. The molecule has 0 unspecified atom stereocenters. The molecule has 0 aliphatic rings. The van der Waals surface area contributed by atoms with Gasteiger partial charge in [0.15, 0.2) is 17.3 Å². The third kappa shape index (κ3) is 3.25. The molecule has 7 nitrogen and oxygen atoms in total. The highest BCUT2D eigenvalue weighted by atomic mass is 16.5. The highest BCUT2D eigenvalue weighted by Crippen LogP contribution is 2.39. The van der Waals surface area contributed by atoms with Crippen molar-refractivity contribution in [3.8, 4) is 28.7 Å². The zero-order chi connectivity index (χ0) is 15.2. The van der Waals surface area contributed by atoms with E-state index in [1.807, 2.05) is 7.05 Å². The van der Waals surface area contributed by atoms with Crippen LogP contribution in [0.25, 0.3) is 11.5 Å². The van der Waals surface area contributed by atoms with Gasteiger partial charge in [-0.25, -0.2) is 0 Å². The van der Waals surface area contributed by atoms with Crippen LogP contribution in [0.3, 0.4) is 0 Å². The van der Waals surface area contributed by atoms with Crippen molar-refractivity contribution in [2.75, 3.05) is 34.9 Å². The summed E-state index contributed by atoms with van der Waals surface area (Å²) in [5.41, 5.74) is 0.665. The number of methoxy groups -OCH3 is 3. The average Bonchev–Trinajstić information content (AvgIpc) is 3.00. The zero-order valence-corrected chi connectivity index (χ0v) is 12.6. The smallest absolute Gasteiger partial charge is 0.261 e. The second-order valence-corrected chi connectivity index (χ2v) is 4.28. The van der Waals surface area contributed by atoms with E-state index in [9.17, 15) is 0 Å². The Morgan fingerprint density at radius 1 is 1.05 bits per heavy atom. The van der Waals surface area contributed by atoms with Crippen LogP contribution in [-0.2, 0) is 6.42 Å². The number of nitrogens with zero attached hydrogens (tertiary/aromatic N) is 2. The molecule has 1 aromatic carbocycles. The van der Waals surface area contributed by atoms with Crippen molar-refractivity contribution in [1.29, 1.82) is 0 Å². The quantitative estimate of drug-likeness (QED) is 0.829. The lowest BCUT2D eigenvalue weighted by Crippen LogP contribution is -2.11. The van der Waals surface area contributed by atoms with E-state index in [1.54, 1.807) is 33.5 Å². The average molecular weight is 293 g/mol. The molecule has 0 spiro atoms. The molecule has 0 aliphatic carbocycles. The van der Waals surface area contributed by atoms with Crippen molar-refractivity contribution in [1.82, 2.24) is 15.5 Å². The van der Waals surface area contributed by atoms with Gasteiger partial charge in [-0.1, -0.05) is 5.16 Å². The third-order valence-electron chi connectivity index (χ3n) is 3.00. The lowest BCUT2D eigenvalue weighted by atomic mass is 10.1. The molecule has 2 rings (SSSR count). The van der Waals surface area contributed by atoms with Crippen molar-refractivity contribution < 1.29 is 18.7 Å². The number of benzene rings is 1. The number of hydrogen-bond donors (Lipinski definition) is 1. The molecule has 2 aromatic rings. The maximum absolute atomic E-state index is 5.36. The van der Waals surface area contributed by atoms with Gasteiger partial charge in [0.1, 0.15) is 5.75 Å². The Labute approximate surface area is 123 Å². The molecule has 0 atom stereocenters. The predicted molar refractivity (Wildman–Crippen MR) is 77.0 cm³/mol. The molecule has 7 heteroatoms. The number of hydrogen-bond acceptors (Lipinski definition) is 7. The Hall–Kier alpha value is -2.28. The van der Waals surface area contributed by atoms with E-state index >= 15 is 0 Å². The molecule has 0 amide bonds. The maximum atomic E-state index is 5.36. The summed E-state index contributed by atoms with van der Waals surface area (Å²) in [5, 5.41) is 6.99. The molecular weight excluding hydrogens is 274 g/mol. The van der Waals surface area contributed by atoms with E-state index in [0.717, 1.165) is 6.54 Å². The second kappa shape index (κ2) is 6.94. The molecule has 114 valence electrons. The standard InChI is InChI=1S/C14H19N3O4/c1-15-6-5-13-16-14(21-17-13)9-7-11(19-3)12(20-4)8-10(9)18-2/h7-8,15H,5-6H2,1-4H3. The van der Waals surface area contributed by atoms with Gasteiger partial charge >= 0.3 is 0 Å². The minimum atomic E-state index is 0.388. The predicted octanol–water partition coefficient (Wildman–Crippen LogP) is 1.52. The Morgan fingerprint density at radius 3 is 2.33 bits per heavy atom. The van der Waals surface area contributed by atoms with Crippen LogP contribution in [0.1, 0.15) is 5.82 Å². The van der Waals surface area contributed by atoms with Gasteiger partial charge in [-0.15, -0.1) is 0 Å². The van der Waals surface area contributed by atoms with E-state index < -0.39 is 0 Å². The fourth-order valence-corrected chi connectivity index (χ4v) is 1.90. The number of nitrogens with one attached hydrogen (secondary N) is 1. The van der Waals surface area contributed by atoms with Crippen LogP contribution in [0.5, 0.6) is 17.2 Å². The van der Waals surface area contributed by atoms with Gasteiger partial charge < -0.3 is 24.1 Å². The first kappa shape index (κ1) is 15.1. The summed E-state index contributed by atoms with van der Waals surface area (Å²) in [4.78, 5) is 4.36. The van der Waals surface area contributed by atoms with Crippen molar-refractivity contribution >= 4 is 0 Å².